The van der Waals surface area contributed by atoms with Crippen molar-refractivity contribution in [1.82, 2.24) is 19.7 Å². The van der Waals surface area contributed by atoms with Crippen LogP contribution in [0.4, 0.5) is 11.8 Å². The lowest BCUT2D eigenvalue weighted by Gasteiger charge is -2.18. The van der Waals surface area contributed by atoms with E-state index in [1.807, 2.05) is 23.6 Å². The highest BCUT2D eigenvalue weighted by molar-refractivity contribution is 7.99. The molecule has 1 aliphatic rings. The molecule has 0 unspecified atom stereocenters. The summed E-state index contributed by atoms with van der Waals surface area (Å²) in [5.74, 6) is 0.994. The monoisotopic (exact) mass is 462 g/mol. The average molecular weight is 463 g/mol. The zero-order valence-electron chi connectivity index (χ0n) is 16.3. The average Bonchev–Trinajstić information content (AvgIpc) is 3.39. The van der Waals surface area contributed by atoms with Crippen LogP contribution in [0.25, 0.3) is 5.69 Å². The maximum Gasteiger partial charge on any atom is 0.236 e. The van der Waals surface area contributed by atoms with E-state index in [2.05, 4.69) is 37.5 Å². The number of carbonyl (C=O) groups is 1. The summed E-state index contributed by atoms with van der Waals surface area (Å²) in [6, 6.07) is 9.73. The molecule has 0 radical (unpaired) electrons. The van der Waals surface area contributed by atoms with Gasteiger partial charge in [-0.1, -0.05) is 52.7 Å². The second-order valence-electron chi connectivity index (χ2n) is 6.97. The molecular formula is C20H20Cl2N6OS. The molecule has 30 heavy (non-hydrogen) atoms. The fourth-order valence-corrected chi connectivity index (χ4v) is 4.38. The van der Waals surface area contributed by atoms with Crippen molar-refractivity contribution >= 4 is 52.6 Å². The van der Waals surface area contributed by atoms with Crippen LogP contribution >= 0.6 is 35.0 Å². The molecule has 0 atom stereocenters. The Morgan fingerprint density at radius 2 is 1.90 bits per heavy atom. The van der Waals surface area contributed by atoms with Crippen LogP contribution in [-0.2, 0) is 4.79 Å². The number of aryl methyl sites for hydroxylation is 1. The second-order valence-corrected chi connectivity index (χ2v) is 8.75. The Kier molecular flexibility index (Phi) is 6.46. The molecule has 1 aliphatic heterocycles. The number of hydrogen-bond acceptors (Lipinski definition) is 6. The zero-order chi connectivity index (χ0) is 21.1. The number of carbonyl (C=O) groups excluding carboxylic acids is 1. The third-order valence-corrected chi connectivity index (χ3v) is 6.12. The summed E-state index contributed by atoms with van der Waals surface area (Å²) < 4.78 is 2.01. The summed E-state index contributed by atoms with van der Waals surface area (Å²) in [4.78, 5) is 18.7. The molecule has 10 heteroatoms. The van der Waals surface area contributed by atoms with Gasteiger partial charge in [0.05, 0.1) is 21.5 Å². The SMILES string of the molecule is Cc1ccc(-n2c(SCC(=O)Nc3ncc(Cl)cc3Cl)nnc2N2CCCC2)cc1. The van der Waals surface area contributed by atoms with Crippen LogP contribution in [0.15, 0.2) is 41.7 Å². The number of anilines is 2. The van der Waals surface area contributed by atoms with Gasteiger partial charge in [-0.15, -0.1) is 10.2 Å². The number of thioether (sulfide) groups is 1. The van der Waals surface area contributed by atoms with Crippen molar-refractivity contribution in [1.29, 1.82) is 0 Å². The van der Waals surface area contributed by atoms with E-state index in [0.29, 0.717) is 15.2 Å². The predicted octanol–water partition coefficient (Wildman–Crippen LogP) is 4.61. The summed E-state index contributed by atoms with van der Waals surface area (Å²) in [7, 11) is 0. The quantitative estimate of drug-likeness (QED) is 0.539. The fraction of sp³-hybridized carbons (Fsp3) is 0.300. The number of nitrogens with one attached hydrogen (secondary N) is 1. The number of nitrogens with zero attached hydrogens (tertiary/aromatic N) is 5. The van der Waals surface area contributed by atoms with Gasteiger partial charge in [-0.05, 0) is 38.0 Å². The van der Waals surface area contributed by atoms with Gasteiger partial charge in [-0.2, -0.15) is 0 Å². The van der Waals surface area contributed by atoms with Crippen LogP contribution in [0.3, 0.4) is 0 Å². The van der Waals surface area contributed by atoms with E-state index in [9.17, 15) is 4.79 Å². The lowest BCUT2D eigenvalue weighted by molar-refractivity contribution is -0.113. The van der Waals surface area contributed by atoms with E-state index in [4.69, 9.17) is 23.2 Å². The largest absolute Gasteiger partial charge is 0.341 e. The first-order valence-corrected chi connectivity index (χ1v) is 11.3. The smallest absolute Gasteiger partial charge is 0.236 e. The van der Waals surface area contributed by atoms with Gasteiger partial charge in [0.25, 0.3) is 0 Å². The zero-order valence-corrected chi connectivity index (χ0v) is 18.6. The molecule has 1 aromatic carbocycles. The second kappa shape index (κ2) is 9.24. The van der Waals surface area contributed by atoms with Crippen molar-refractivity contribution in [2.24, 2.45) is 0 Å². The van der Waals surface area contributed by atoms with Crippen molar-refractivity contribution in [2.75, 3.05) is 29.1 Å². The number of benzene rings is 1. The van der Waals surface area contributed by atoms with Gasteiger partial charge < -0.3 is 10.2 Å². The number of amides is 1. The lowest BCUT2D eigenvalue weighted by atomic mass is 10.2. The maximum absolute atomic E-state index is 12.4. The highest BCUT2D eigenvalue weighted by Crippen LogP contribution is 2.29. The van der Waals surface area contributed by atoms with Crippen molar-refractivity contribution in [3.8, 4) is 5.69 Å². The summed E-state index contributed by atoms with van der Waals surface area (Å²) >= 11 is 13.3. The van der Waals surface area contributed by atoms with E-state index in [0.717, 1.165) is 37.6 Å². The minimum Gasteiger partial charge on any atom is -0.341 e. The number of rotatable bonds is 6. The Bertz CT molecular complexity index is 1050. The first kappa shape index (κ1) is 21.0. The molecule has 1 amide bonds. The Hall–Kier alpha value is -2.29. The summed E-state index contributed by atoms with van der Waals surface area (Å²) in [6.07, 6.45) is 3.72. The molecule has 2 aromatic heterocycles. The number of halogens is 2. The van der Waals surface area contributed by atoms with Gasteiger partial charge in [0.15, 0.2) is 11.0 Å². The van der Waals surface area contributed by atoms with Crippen LogP contribution in [-0.4, -0.2) is 44.5 Å². The third-order valence-electron chi connectivity index (χ3n) is 4.70. The number of hydrogen-bond donors (Lipinski definition) is 1. The minimum absolute atomic E-state index is 0.143. The van der Waals surface area contributed by atoms with Gasteiger partial charge in [-0.25, -0.2) is 4.98 Å². The number of aromatic nitrogens is 4. The minimum atomic E-state index is -0.238. The van der Waals surface area contributed by atoms with E-state index < -0.39 is 0 Å². The summed E-state index contributed by atoms with van der Waals surface area (Å²) in [5, 5.41) is 12.9. The van der Waals surface area contributed by atoms with Gasteiger partial charge in [0, 0.05) is 19.3 Å². The van der Waals surface area contributed by atoms with E-state index in [1.54, 1.807) is 0 Å². The molecule has 4 rings (SSSR count). The Morgan fingerprint density at radius 3 is 2.60 bits per heavy atom. The maximum atomic E-state index is 12.4. The fourth-order valence-electron chi connectivity index (χ4n) is 3.20. The van der Waals surface area contributed by atoms with Crippen LogP contribution in [0.5, 0.6) is 0 Å². The molecule has 1 N–H and O–H groups in total. The molecule has 1 saturated heterocycles. The Balaban J connectivity index is 1.53. The predicted molar refractivity (Wildman–Crippen MR) is 121 cm³/mol. The van der Waals surface area contributed by atoms with Gasteiger partial charge in [0.2, 0.25) is 11.9 Å². The molecular weight excluding hydrogens is 443 g/mol. The van der Waals surface area contributed by atoms with Crippen LogP contribution in [0, 0.1) is 6.92 Å². The molecule has 3 heterocycles. The topological polar surface area (TPSA) is 75.9 Å². The van der Waals surface area contributed by atoms with Gasteiger partial charge >= 0.3 is 0 Å². The Morgan fingerprint density at radius 1 is 1.17 bits per heavy atom. The summed E-state index contributed by atoms with van der Waals surface area (Å²) in [6.45, 7) is 3.96. The highest BCUT2D eigenvalue weighted by Gasteiger charge is 2.23. The van der Waals surface area contributed by atoms with Gasteiger partial charge in [-0.3, -0.25) is 9.36 Å². The normalized spacial score (nSPS) is 13.6. The first-order chi connectivity index (χ1) is 14.5. The molecule has 0 spiro atoms. The van der Waals surface area contributed by atoms with Crippen molar-refractivity contribution < 1.29 is 4.79 Å². The molecule has 7 nitrogen and oxygen atoms in total. The van der Waals surface area contributed by atoms with Gasteiger partial charge in [0.1, 0.15) is 0 Å². The lowest BCUT2D eigenvalue weighted by Crippen LogP contribution is -2.22. The molecule has 156 valence electrons. The molecule has 0 bridgehead atoms. The van der Waals surface area contributed by atoms with Crippen molar-refractivity contribution in [2.45, 2.75) is 24.9 Å². The van der Waals surface area contributed by atoms with E-state index in [-0.39, 0.29) is 17.5 Å². The molecule has 1 fully saturated rings. The highest BCUT2D eigenvalue weighted by atomic mass is 35.5. The summed E-state index contributed by atoms with van der Waals surface area (Å²) in [5.41, 5.74) is 2.15. The Labute approximate surface area is 188 Å². The molecule has 0 aliphatic carbocycles. The number of pyridine rings is 1. The van der Waals surface area contributed by atoms with Crippen LogP contribution in [0.1, 0.15) is 18.4 Å². The molecule has 3 aromatic rings. The van der Waals surface area contributed by atoms with E-state index >= 15 is 0 Å². The standard InChI is InChI=1S/C20H20Cl2N6OS/c1-13-4-6-15(7-5-13)28-19(27-8-2-3-9-27)25-26-20(28)30-12-17(29)24-18-16(22)10-14(21)11-23-18/h4-7,10-11H,2-3,8-9,12H2,1H3,(H,23,24,29). The molecule has 0 saturated carbocycles. The first-order valence-electron chi connectivity index (χ1n) is 9.52. The van der Waals surface area contributed by atoms with Crippen LogP contribution in [0.2, 0.25) is 10.0 Å². The van der Waals surface area contributed by atoms with Crippen LogP contribution < -0.4 is 10.2 Å². The van der Waals surface area contributed by atoms with Crippen molar-refractivity contribution in [3.05, 3.63) is 52.1 Å². The third kappa shape index (κ3) is 4.71. The van der Waals surface area contributed by atoms with Crippen molar-refractivity contribution in [3.63, 3.8) is 0 Å². The van der Waals surface area contributed by atoms with E-state index in [1.165, 1.54) is 29.6 Å².